The van der Waals surface area contributed by atoms with Crippen LogP contribution in [0.3, 0.4) is 0 Å². The number of thiophene rings is 2. The van der Waals surface area contributed by atoms with E-state index in [-0.39, 0.29) is 11.7 Å². The number of hydrogen-bond acceptors (Lipinski definition) is 7. The molecule has 0 saturated heterocycles. The third kappa shape index (κ3) is 3.76. The molecule has 0 radical (unpaired) electrons. The lowest BCUT2D eigenvalue weighted by molar-refractivity contribution is -0.127. The van der Waals surface area contributed by atoms with Crippen LogP contribution in [-0.2, 0) is 11.3 Å². The minimum Gasteiger partial charge on any atom is -0.410 e. The van der Waals surface area contributed by atoms with Crippen molar-refractivity contribution in [3.8, 4) is 10.8 Å². The molecular formula is C14H13N3O2S3. The summed E-state index contributed by atoms with van der Waals surface area (Å²) < 4.78 is 5.55. The topological polar surface area (TPSA) is 59.2 Å². The number of aromatic nitrogens is 2. The Labute approximate surface area is 140 Å². The second-order valence-corrected chi connectivity index (χ2v) is 7.17. The summed E-state index contributed by atoms with van der Waals surface area (Å²) in [4.78, 5) is 14.7. The summed E-state index contributed by atoms with van der Waals surface area (Å²) in [5.41, 5.74) is 1.14. The van der Waals surface area contributed by atoms with E-state index in [0.717, 1.165) is 10.4 Å². The molecule has 3 aromatic rings. The van der Waals surface area contributed by atoms with Crippen LogP contribution in [0.1, 0.15) is 5.56 Å². The maximum absolute atomic E-state index is 12.1. The van der Waals surface area contributed by atoms with E-state index in [4.69, 9.17) is 4.42 Å². The fourth-order valence-electron chi connectivity index (χ4n) is 1.75. The summed E-state index contributed by atoms with van der Waals surface area (Å²) >= 11 is 4.43. The first-order valence-corrected chi connectivity index (χ1v) is 9.28. The van der Waals surface area contributed by atoms with Gasteiger partial charge in [0.05, 0.1) is 10.6 Å². The molecule has 0 aliphatic heterocycles. The third-order valence-electron chi connectivity index (χ3n) is 2.88. The molecule has 5 nitrogen and oxygen atoms in total. The van der Waals surface area contributed by atoms with Crippen molar-refractivity contribution in [2.45, 2.75) is 11.8 Å². The van der Waals surface area contributed by atoms with E-state index in [1.807, 2.05) is 34.3 Å². The zero-order chi connectivity index (χ0) is 15.4. The molecule has 0 spiro atoms. The van der Waals surface area contributed by atoms with Crippen molar-refractivity contribution >= 4 is 40.3 Å². The summed E-state index contributed by atoms with van der Waals surface area (Å²) in [7, 11) is 1.80. The summed E-state index contributed by atoms with van der Waals surface area (Å²) in [5.74, 6) is 0.816. The van der Waals surface area contributed by atoms with Crippen LogP contribution in [-0.4, -0.2) is 33.8 Å². The first kappa shape index (κ1) is 15.3. The summed E-state index contributed by atoms with van der Waals surface area (Å²) in [5, 5.41) is 14.4. The predicted molar refractivity (Wildman–Crippen MR) is 89.1 cm³/mol. The van der Waals surface area contributed by atoms with Crippen molar-refractivity contribution in [1.82, 2.24) is 15.1 Å². The van der Waals surface area contributed by atoms with Crippen LogP contribution in [0, 0.1) is 0 Å². The quantitative estimate of drug-likeness (QED) is 0.635. The number of carbonyl (C=O) groups excluding carboxylic acids is 1. The van der Waals surface area contributed by atoms with E-state index in [0.29, 0.717) is 17.7 Å². The van der Waals surface area contributed by atoms with Gasteiger partial charge in [-0.15, -0.1) is 21.5 Å². The number of thioether (sulfide) groups is 1. The Kier molecular flexibility index (Phi) is 4.91. The molecule has 3 heterocycles. The van der Waals surface area contributed by atoms with Crippen molar-refractivity contribution in [1.29, 1.82) is 0 Å². The van der Waals surface area contributed by atoms with Crippen LogP contribution in [0.25, 0.3) is 10.8 Å². The normalized spacial score (nSPS) is 10.8. The summed E-state index contributed by atoms with van der Waals surface area (Å²) in [6, 6.07) is 5.87. The summed E-state index contributed by atoms with van der Waals surface area (Å²) in [6.45, 7) is 0.618. The van der Waals surface area contributed by atoms with Crippen LogP contribution in [0.5, 0.6) is 0 Å². The van der Waals surface area contributed by atoms with Gasteiger partial charge in [-0.1, -0.05) is 17.8 Å². The highest BCUT2D eigenvalue weighted by molar-refractivity contribution is 7.99. The van der Waals surface area contributed by atoms with E-state index in [2.05, 4.69) is 10.2 Å². The van der Waals surface area contributed by atoms with E-state index >= 15 is 0 Å². The standard InChI is InChI=1S/C14H13N3O2S3/c1-17(7-10-4-6-20-8-10)12(18)9-22-14-16-15-13(19-14)11-3-2-5-21-11/h2-6,8H,7,9H2,1H3. The highest BCUT2D eigenvalue weighted by Crippen LogP contribution is 2.26. The van der Waals surface area contributed by atoms with E-state index < -0.39 is 0 Å². The lowest BCUT2D eigenvalue weighted by atomic mass is 10.3. The van der Waals surface area contributed by atoms with Gasteiger partial charge in [0, 0.05) is 13.6 Å². The molecule has 8 heteroatoms. The average molecular weight is 351 g/mol. The minimum absolute atomic E-state index is 0.0343. The van der Waals surface area contributed by atoms with Crippen LogP contribution in [0.2, 0.25) is 0 Å². The Morgan fingerprint density at radius 3 is 3.00 bits per heavy atom. The molecule has 0 aliphatic carbocycles. The van der Waals surface area contributed by atoms with Gasteiger partial charge in [0.15, 0.2) is 0 Å². The van der Waals surface area contributed by atoms with Crippen molar-refractivity contribution in [3.05, 3.63) is 39.9 Å². The number of amides is 1. The van der Waals surface area contributed by atoms with Crippen LogP contribution in [0.15, 0.2) is 44.0 Å². The van der Waals surface area contributed by atoms with E-state index in [1.165, 1.54) is 11.8 Å². The molecule has 0 bridgehead atoms. The second kappa shape index (κ2) is 7.08. The van der Waals surface area contributed by atoms with Gasteiger partial charge >= 0.3 is 0 Å². The molecule has 0 atom stereocenters. The lowest BCUT2D eigenvalue weighted by Crippen LogP contribution is -2.27. The highest BCUT2D eigenvalue weighted by atomic mass is 32.2. The van der Waals surface area contributed by atoms with Crippen molar-refractivity contribution in [2.75, 3.05) is 12.8 Å². The Balaban J connectivity index is 1.52. The molecule has 0 fully saturated rings. The van der Waals surface area contributed by atoms with Crippen LogP contribution < -0.4 is 0 Å². The Morgan fingerprint density at radius 2 is 2.27 bits per heavy atom. The van der Waals surface area contributed by atoms with Crippen molar-refractivity contribution < 1.29 is 9.21 Å². The number of rotatable bonds is 6. The molecule has 3 rings (SSSR count). The highest BCUT2D eigenvalue weighted by Gasteiger charge is 2.14. The maximum Gasteiger partial charge on any atom is 0.277 e. The molecular weight excluding hydrogens is 338 g/mol. The summed E-state index contributed by atoms with van der Waals surface area (Å²) in [6.07, 6.45) is 0. The Bertz CT molecular complexity index is 722. The molecule has 0 N–H and O–H groups in total. The van der Waals surface area contributed by atoms with Gasteiger partial charge in [0.1, 0.15) is 0 Å². The molecule has 0 unspecified atom stereocenters. The van der Waals surface area contributed by atoms with E-state index in [9.17, 15) is 4.79 Å². The smallest absolute Gasteiger partial charge is 0.277 e. The maximum atomic E-state index is 12.1. The van der Waals surface area contributed by atoms with Gasteiger partial charge in [-0.3, -0.25) is 4.79 Å². The molecule has 0 aromatic carbocycles. The first-order chi connectivity index (χ1) is 10.7. The molecule has 1 amide bonds. The van der Waals surface area contributed by atoms with Gasteiger partial charge < -0.3 is 9.32 Å². The van der Waals surface area contributed by atoms with Crippen LogP contribution in [0.4, 0.5) is 0 Å². The largest absolute Gasteiger partial charge is 0.410 e. The number of carbonyl (C=O) groups is 1. The molecule has 0 aliphatic rings. The lowest BCUT2D eigenvalue weighted by Gasteiger charge is -2.15. The predicted octanol–water partition coefficient (Wildman–Crippen LogP) is 3.61. The van der Waals surface area contributed by atoms with Gasteiger partial charge in [0.25, 0.3) is 11.1 Å². The zero-order valence-electron chi connectivity index (χ0n) is 11.8. The monoisotopic (exact) mass is 351 g/mol. The number of hydrogen-bond donors (Lipinski definition) is 0. The first-order valence-electron chi connectivity index (χ1n) is 6.47. The van der Waals surface area contributed by atoms with Gasteiger partial charge in [-0.25, -0.2) is 0 Å². The Morgan fingerprint density at radius 1 is 1.36 bits per heavy atom. The fourth-order valence-corrected chi connectivity index (χ4v) is 3.75. The molecule has 3 aromatic heterocycles. The second-order valence-electron chi connectivity index (χ2n) is 4.52. The van der Waals surface area contributed by atoms with Gasteiger partial charge in [-0.2, -0.15) is 11.3 Å². The van der Waals surface area contributed by atoms with E-state index in [1.54, 1.807) is 34.6 Å². The Hall–Kier alpha value is -1.64. The van der Waals surface area contributed by atoms with Crippen molar-refractivity contribution in [3.63, 3.8) is 0 Å². The minimum atomic E-state index is 0.0343. The van der Waals surface area contributed by atoms with Gasteiger partial charge in [-0.05, 0) is 33.8 Å². The van der Waals surface area contributed by atoms with Crippen molar-refractivity contribution in [2.24, 2.45) is 0 Å². The number of nitrogens with zero attached hydrogens (tertiary/aromatic N) is 3. The fraction of sp³-hybridized carbons (Fsp3) is 0.214. The van der Waals surface area contributed by atoms with Gasteiger partial charge in [0.2, 0.25) is 5.91 Å². The SMILES string of the molecule is CN(Cc1ccsc1)C(=O)CSc1nnc(-c2cccs2)o1. The molecule has 114 valence electrons. The average Bonchev–Trinajstić information content (AvgIpc) is 3.25. The van der Waals surface area contributed by atoms with Crippen LogP contribution >= 0.6 is 34.4 Å². The third-order valence-corrected chi connectivity index (χ3v) is 5.28. The zero-order valence-corrected chi connectivity index (χ0v) is 14.2. The molecule has 22 heavy (non-hydrogen) atoms. The molecule has 0 saturated carbocycles.